The number of Topliss-reactive ketones (excluding diaryl/α,β-unsaturated/α-hetero) is 1. The lowest BCUT2D eigenvalue weighted by Gasteiger charge is -2.18. The van der Waals surface area contributed by atoms with Gasteiger partial charge in [0.15, 0.2) is 5.78 Å². The maximum absolute atomic E-state index is 11.2. The van der Waals surface area contributed by atoms with Crippen LogP contribution in [0.2, 0.25) is 0 Å². The molecule has 0 saturated carbocycles. The van der Waals surface area contributed by atoms with Crippen molar-refractivity contribution in [1.29, 1.82) is 0 Å². The zero-order valence-electron chi connectivity index (χ0n) is 7.74. The summed E-state index contributed by atoms with van der Waals surface area (Å²) in [5, 5.41) is 9.46. The predicted molar refractivity (Wildman–Crippen MR) is 50.5 cm³/mol. The van der Waals surface area contributed by atoms with Crippen LogP contribution in [0.3, 0.4) is 0 Å². The zero-order chi connectivity index (χ0) is 10.5. The summed E-state index contributed by atoms with van der Waals surface area (Å²) in [5.74, 6) is -1.61. The fourth-order valence-electron chi connectivity index (χ4n) is 0.783. The average Bonchev–Trinajstić information content (AvgIpc) is 2.05. The van der Waals surface area contributed by atoms with E-state index in [0.717, 1.165) is 6.92 Å². The van der Waals surface area contributed by atoms with Crippen LogP contribution in [0.1, 0.15) is 26.7 Å². The summed E-state index contributed by atoms with van der Waals surface area (Å²) in [4.78, 5) is 22.2. The minimum atomic E-state index is -2.03. The Labute approximate surface area is 82.7 Å². The van der Waals surface area contributed by atoms with E-state index in [1.165, 1.54) is 0 Å². The highest BCUT2D eigenvalue weighted by atomic mass is 32.1. The van der Waals surface area contributed by atoms with Gasteiger partial charge in [-0.15, -0.1) is 12.6 Å². The van der Waals surface area contributed by atoms with Gasteiger partial charge in [0.2, 0.25) is 5.60 Å². The smallest absolute Gasteiger partial charge is 0.346 e. The van der Waals surface area contributed by atoms with Gasteiger partial charge in [-0.1, -0.05) is 6.92 Å². The first kappa shape index (κ1) is 12.4. The van der Waals surface area contributed by atoms with Gasteiger partial charge >= 0.3 is 5.97 Å². The molecule has 5 heteroatoms. The SMILES string of the molecule is CCCC(=O)C(C)(O)C(=O)OCS. The van der Waals surface area contributed by atoms with Crippen LogP contribution in [0.5, 0.6) is 0 Å². The van der Waals surface area contributed by atoms with E-state index in [4.69, 9.17) is 0 Å². The molecule has 0 amide bonds. The molecule has 0 rings (SSSR count). The molecular formula is C8H14O4S. The van der Waals surface area contributed by atoms with Crippen molar-refractivity contribution in [2.75, 3.05) is 5.94 Å². The van der Waals surface area contributed by atoms with Crippen LogP contribution in [-0.4, -0.2) is 28.4 Å². The van der Waals surface area contributed by atoms with E-state index in [-0.39, 0.29) is 12.4 Å². The molecule has 0 aromatic rings. The number of rotatable bonds is 5. The van der Waals surface area contributed by atoms with Crippen molar-refractivity contribution in [3.8, 4) is 0 Å². The summed E-state index contributed by atoms with van der Waals surface area (Å²) in [6.45, 7) is 2.93. The maximum Gasteiger partial charge on any atom is 0.346 e. The standard InChI is InChI=1S/C8H14O4S/c1-3-4-6(9)8(2,11)7(10)12-5-13/h11,13H,3-5H2,1-2H3. The Bertz CT molecular complexity index is 180. The molecule has 0 bridgehead atoms. The Hall–Kier alpha value is -0.550. The predicted octanol–water partition coefficient (Wildman–Crippen LogP) is 0.537. The Balaban J connectivity index is 4.36. The number of carbonyl (C=O) groups is 2. The number of aliphatic hydroxyl groups is 1. The Morgan fingerprint density at radius 3 is 2.46 bits per heavy atom. The minimum absolute atomic E-state index is 0.144. The van der Waals surface area contributed by atoms with Gasteiger partial charge < -0.3 is 9.84 Å². The third-order valence-electron chi connectivity index (χ3n) is 1.61. The molecule has 0 aliphatic carbocycles. The topological polar surface area (TPSA) is 63.6 Å². The van der Waals surface area contributed by atoms with Gasteiger partial charge in [-0.25, -0.2) is 4.79 Å². The van der Waals surface area contributed by atoms with E-state index in [1.807, 2.05) is 0 Å². The minimum Gasteiger partial charge on any atom is -0.452 e. The van der Waals surface area contributed by atoms with Gasteiger partial charge in [0.05, 0.1) is 0 Å². The molecule has 0 aromatic heterocycles. The zero-order valence-corrected chi connectivity index (χ0v) is 8.63. The quantitative estimate of drug-likeness (QED) is 0.298. The number of ether oxygens (including phenoxy) is 1. The molecule has 1 unspecified atom stereocenters. The summed E-state index contributed by atoms with van der Waals surface area (Å²) in [7, 11) is 0. The monoisotopic (exact) mass is 206 g/mol. The summed E-state index contributed by atoms with van der Waals surface area (Å²) >= 11 is 3.65. The molecule has 0 spiro atoms. The first-order chi connectivity index (χ1) is 5.96. The van der Waals surface area contributed by atoms with Crippen molar-refractivity contribution in [3.63, 3.8) is 0 Å². The molecule has 4 nitrogen and oxygen atoms in total. The molecule has 1 N–H and O–H groups in total. The van der Waals surface area contributed by atoms with Crippen LogP contribution in [0.25, 0.3) is 0 Å². The number of hydrogen-bond acceptors (Lipinski definition) is 5. The highest BCUT2D eigenvalue weighted by Crippen LogP contribution is 2.11. The lowest BCUT2D eigenvalue weighted by molar-refractivity contribution is -0.166. The second-order valence-electron chi connectivity index (χ2n) is 2.81. The fourth-order valence-corrected chi connectivity index (χ4v) is 0.901. The summed E-state index contributed by atoms with van der Waals surface area (Å²) in [6.07, 6.45) is 0.748. The summed E-state index contributed by atoms with van der Waals surface area (Å²) < 4.78 is 4.43. The summed E-state index contributed by atoms with van der Waals surface area (Å²) in [6, 6.07) is 0. The lowest BCUT2D eigenvalue weighted by atomic mass is 9.98. The maximum atomic E-state index is 11.2. The average molecular weight is 206 g/mol. The molecule has 0 heterocycles. The molecule has 1 atom stereocenters. The van der Waals surface area contributed by atoms with E-state index >= 15 is 0 Å². The molecular weight excluding hydrogens is 192 g/mol. The normalized spacial score (nSPS) is 14.8. The van der Waals surface area contributed by atoms with Crippen LogP contribution >= 0.6 is 12.6 Å². The number of esters is 1. The molecule has 0 aromatic carbocycles. The highest BCUT2D eigenvalue weighted by Gasteiger charge is 2.39. The van der Waals surface area contributed by atoms with Gasteiger partial charge in [0, 0.05) is 6.42 Å². The molecule has 0 aliphatic rings. The van der Waals surface area contributed by atoms with Crippen LogP contribution in [0.15, 0.2) is 0 Å². The Morgan fingerprint density at radius 2 is 2.08 bits per heavy atom. The number of ketones is 1. The molecule has 0 aliphatic heterocycles. The Morgan fingerprint density at radius 1 is 1.54 bits per heavy atom. The number of hydrogen-bond donors (Lipinski definition) is 2. The number of carbonyl (C=O) groups excluding carboxylic acids is 2. The van der Waals surface area contributed by atoms with Gasteiger partial charge in [-0.05, 0) is 13.3 Å². The van der Waals surface area contributed by atoms with Crippen molar-refractivity contribution in [3.05, 3.63) is 0 Å². The van der Waals surface area contributed by atoms with Crippen molar-refractivity contribution >= 4 is 24.4 Å². The van der Waals surface area contributed by atoms with Crippen molar-refractivity contribution in [1.82, 2.24) is 0 Å². The van der Waals surface area contributed by atoms with E-state index in [0.29, 0.717) is 6.42 Å². The Kier molecular flexibility index (Phi) is 5.02. The molecule has 0 radical (unpaired) electrons. The van der Waals surface area contributed by atoms with E-state index < -0.39 is 17.4 Å². The molecule has 0 fully saturated rings. The third kappa shape index (κ3) is 3.36. The number of thiol groups is 1. The first-order valence-corrected chi connectivity index (χ1v) is 4.63. The van der Waals surface area contributed by atoms with Crippen LogP contribution < -0.4 is 0 Å². The fraction of sp³-hybridized carbons (Fsp3) is 0.750. The summed E-state index contributed by atoms with van der Waals surface area (Å²) in [5.41, 5.74) is -2.03. The van der Waals surface area contributed by atoms with Gasteiger partial charge in [0.25, 0.3) is 0 Å². The largest absolute Gasteiger partial charge is 0.452 e. The van der Waals surface area contributed by atoms with E-state index in [2.05, 4.69) is 17.4 Å². The van der Waals surface area contributed by atoms with Crippen molar-refractivity contribution in [2.45, 2.75) is 32.3 Å². The van der Waals surface area contributed by atoms with Crippen molar-refractivity contribution in [2.24, 2.45) is 0 Å². The molecule has 13 heavy (non-hydrogen) atoms. The van der Waals surface area contributed by atoms with E-state index in [1.54, 1.807) is 6.92 Å². The first-order valence-electron chi connectivity index (χ1n) is 4.00. The van der Waals surface area contributed by atoms with E-state index in [9.17, 15) is 14.7 Å². The van der Waals surface area contributed by atoms with Gasteiger partial charge in [-0.2, -0.15) is 0 Å². The van der Waals surface area contributed by atoms with Crippen molar-refractivity contribution < 1.29 is 19.4 Å². The van der Waals surface area contributed by atoms with Gasteiger partial charge in [-0.3, -0.25) is 4.79 Å². The van der Waals surface area contributed by atoms with Crippen LogP contribution in [0, 0.1) is 0 Å². The second kappa shape index (κ2) is 5.24. The van der Waals surface area contributed by atoms with Gasteiger partial charge in [0.1, 0.15) is 5.94 Å². The highest BCUT2D eigenvalue weighted by molar-refractivity contribution is 7.80. The lowest BCUT2D eigenvalue weighted by Crippen LogP contribution is -2.44. The molecule has 76 valence electrons. The molecule has 0 saturated heterocycles. The third-order valence-corrected chi connectivity index (χ3v) is 1.74. The van der Waals surface area contributed by atoms with Crippen LogP contribution in [0.4, 0.5) is 0 Å². The second-order valence-corrected chi connectivity index (χ2v) is 3.06. The van der Waals surface area contributed by atoms with Crippen LogP contribution in [-0.2, 0) is 14.3 Å².